The summed E-state index contributed by atoms with van der Waals surface area (Å²) in [5.74, 6) is 0.587. The minimum atomic E-state index is -0.255. The molecular formula is C26H25ClN6O2. The van der Waals surface area contributed by atoms with Crippen molar-refractivity contribution in [1.29, 1.82) is 0 Å². The number of hydrogen-bond donors (Lipinski definition) is 2. The number of carbonyl (C=O) groups is 1. The molecule has 178 valence electrons. The number of aromatic nitrogens is 3. The number of anilines is 2. The molecule has 0 radical (unpaired) electrons. The SMILES string of the molecule is O=C(Nc1ccc(Cl)c(-c2cnc3ccccc3n2)c1)c1ccc(N2CCN(CCO)CC2)nc1. The van der Waals surface area contributed by atoms with E-state index < -0.39 is 0 Å². The van der Waals surface area contributed by atoms with Crippen molar-refractivity contribution >= 4 is 40.0 Å². The third-order valence-electron chi connectivity index (χ3n) is 6.07. The molecule has 0 bridgehead atoms. The summed E-state index contributed by atoms with van der Waals surface area (Å²) in [4.78, 5) is 30.9. The second-order valence-corrected chi connectivity index (χ2v) is 8.76. The van der Waals surface area contributed by atoms with Crippen LogP contribution in [0.2, 0.25) is 5.02 Å². The molecule has 8 nitrogen and oxygen atoms in total. The van der Waals surface area contributed by atoms with Crippen LogP contribution >= 0.6 is 11.6 Å². The summed E-state index contributed by atoms with van der Waals surface area (Å²) in [6.45, 7) is 4.30. The average Bonchev–Trinajstić information content (AvgIpc) is 2.90. The van der Waals surface area contributed by atoms with E-state index in [1.165, 1.54) is 0 Å². The number of rotatable bonds is 6. The summed E-state index contributed by atoms with van der Waals surface area (Å²) in [7, 11) is 0. The topological polar surface area (TPSA) is 94.5 Å². The summed E-state index contributed by atoms with van der Waals surface area (Å²) in [5.41, 5.74) is 3.98. The van der Waals surface area contributed by atoms with Crippen molar-refractivity contribution in [2.24, 2.45) is 0 Å². The first-order valence-corrected chi connectivity index (χ1v) is 11.9. The predicted octanol–water partition coefficient (Wildman–Crippen LogP) is 3.71. The van der Waals surface area contributed by atoms with E-state index in [9.17, 15) is 4.79 Å². The standard InChI is InChI=1S/C26H25ClN6O2/c27-21-7-6-19(15-20(21)24-17-28-22-3-1-2-4-23(22)31-24)30-26(35)18-5-8-25(29-16-18)33-11-9-32(10-12-33)13-14-34/h1-8,15-17,34H,9-14H2,(H,30,35). The summed E-state index contributed by atoms with van der Waals surface area (Å²) in [5, 5.41) is 12.5. The molecule has 1 fully saturated rings. The third-order valence-corrected chi connectivity index (χ3v) is 6.40. The zero-order chi connectivity index (χ0) is 24.2. The minimum absolute atomic E-state index is 0.173. The van der Waals surface area contributed by atoms with Gasteiger partial charge in [-0.1, -0.05) is 23.7 Å². The zero-order valence-corrected chi connectivity index (χ0v) is 19.8. The number of amides is 1. The maximum absolute atomic E-state index is 12.9. The molecule has 2 aromatic heterocycles. The Morgan fingerprint density at radius 1 is 0.971 bits per heavy atom. The second kappa shape index (κ2) is 10.4. The van der Waals surface area contributed by atoms with Crippen molar-refractivity contribution in [2.45, 2.75) is 0 Å². The van der Waals surface area contributed by atoms with Crippen LogP contribution in [-0.4, -0.2) is 70.2 Å². The van der Waals surface area contributed by atoms with Gasteiger partial charge in [0.05, 0.1) is 40.1 Å². The number of piperazine rings is 1. The normalized spacial score (nSPS) is 14.3. The molecule has 1 aliphatic heterocycles. The molecule has 3 heterocycles. The lowest BCUT2D eigenvalue weighted by Crippen LogP contribution is -2.47. The lowest BCUT2D eigenvalue weighted by molar-refractivity contribution is 0.102. The largest absolute Gasteiger partial charge is 0.395 e. The Morgan fingerprint density at radius 3 is 2.51 bits per heavy atom. The van der Waals surface area contributed by atoms with Gasteiger partial charge >= 0.3 is 0 Å². The van der Waals surface area contributed by atoms with E-state index >= 15 is 0 Å². The van der Waals surface area contributed by atoms with Gasteiger partial charge in [-0.2, -0.15) is 0 Å². The van der Waals surface area contributed by atoms with Gasteiger partial charge in [0.15, 0.2) is 0 Å². The van der Waals surface area contributed by atoms with Crippen LogP contribution in [0.1, 0.15) is 10.4 Å². The van der Waals surface area contributed by atoms with E-state index in [0.717, 1.165) is 43.0 Å². The summed E-state index contributed by atoms with van der Waals surface area (Å²) >= 11 is 6.44. The maximum atomic E-state index is 12.9. The van der Waals surface area contributed by atoms with Crippen molar-refractivity contribution in [1.82, 2.24) is 19.9 Å². The highest BCUT2D eigenvalue weighted by Gasteiger charge is 2.18. The van der Waals surface area contributed by atoms with Crippen LogP contribution in [0.25, 0.3) is 22.3 Å². The molecule has 35 heavy (non-hydrogen) atoms. The van der Waals surface area contributed by atoms with Gasteiger partial charge in [0.25, 0.3) is 5.91 Å². The van der Waals surface area contributed by atoms with Gasteiger partial charge in [-0.25, -0.2) is 9.97 Å². The molecule has 0 spiro atoms. The Hall–Kier alpha value is -3.59. The van der Waals surface area contributed by atoms with Gasteiger partial charge in [-0.05, 0) is 42.5 Å². The highest BCUT2D eigenvalue weighted by atomic mass is 35.5. The fourth-order valence-electron chi connectivity index (χ4n) is 4.14. The lowest BCUT2D eigenvalue weighted by Gasteiger charge is -2.35. The molecule has 1 aliphatic rings. The van der Waals surface area contributed by atoms with Crippen molar-refractivity contribution < 1.29 is 9.90 Å². The van der Waals surface area contributed by atoms with Crippen molar-refractivity contribution in [3.05, 3.63) is 77.6 Å². The summed E-state index contributed by atoms with van der Waals surface area (Å²) in [6, 6.07) is 16.6. The number of nitrogens with zero attached hydrogens (tertiary/aromatic N) is 5. The molecule has 0 aliphatic carbocycles. The van der Waals surface area contributed by atoms with Crippen molar-refractivity contribution in [3.63, 3.8) is 0 Å². The van der Waals surface area contributed by atoms with Crippen molar-refractivity contribution in [2.75, 3.05) is 49.5 Å². The van der Waals surface area contributed by atoms with Crippen LogP contribution in [0.4, 0.5) is 11.5 Å². The smallest absolute Gasteiger partial charge is 0.257 e. The molecule has 9 heteroatoms. The number of aliphatic hydroxyl groups excluding tert-OH is 1. The van der Waals surface area contributed by atoms with Crippen LogP contribution in [0.5, 0.6) is 0 Å². The Kier molecular flexibility index (Phi) is 6.85. The Morgan fingerprint density at radius 2 is 1.77 bits per heavy atom. The van der Waals surface area contributed by atoms with E-state index in [2.05, 4.69) is 30.1 Å². The first-order valence-electron chi connectivity index (χ1n) is 11.5. The molecule has 0 saturated carbocycles. The number of β-amino-alcohol motifs (C(OH)–C–C–N with tert-alkyl or cyclic N) is 1. The number of hydrogen-bond acceptors (Lipinski definition) is 7. The number of nitrogens with one attached hydrogen (secondary N) is 1. The van der Waals surface area contributed by atoms with E-state index in [-0.39, 0.29) is 12.5 Å². The number of pyridine rings is 1. The van der Waals surface area contributed by atoms with Gasteiger partial charge in [0.1, 0.15) is 5.82 Å². The number of halogens is 1. The number of aliphatic hydroxyl groups is 1. The van der Waals surface area contributed by atoms with Gasteiger partial charge in [-0.3, -0.25) is 14.7 Å². The minimum Gasteiger partial charge on any atom is -0.395 e. The van der Waals surface area contributed by atoms with E-state index in [0.29, 0.717) is 34.1 Å². The van der Waals surface area contributed by atoms with Crippen LogP contribution in [-0.2, 0) is 0 Å². The van der Waals surface area contributed by atoms with Gasteiger partial charge in [0.2, 0.25) is 0 Å². The van der Waals surface area contributed by atoms with Crippen LogP contribution in [0.15, 0.2) is 67.0 Å². The van der Waals surface area contributed by atoms with Crippen LogP contribution < -0.4 is 10.2 Å². The Bertz CT molecular complexity index is 1340. The molecule has 1 amide bonds. The first kappa shape index (κ1) is 23.2. The lowest BCUT2D eigenvalue weighted by atomic mass is 10.1. The molecule has 2 N–H and O–H groups in total. The fourth-order valence-corrected chi connectivity index (χ4v) is 4.35. The molecule has 2 aromatic carbocycles. The van der Waals surface area contributed by atoms with Crippen molar-refractivity contribution in [3.8, 4) is 11.3 Å². The molecule has 0 unspecified atom stereocenters. The predicted molar refractivity (Wildman–Crippen MR) is 138 cm³/mol. The maximum Gasteiger partial charge on any atom is 0.257 e. The number of fused-ring (bicyclic) bond motifs is 1. The van der Waals surface area contributed by atoms with Gasteiger partial charge in [-0.15, -0.1) is 0 Å². The number of para-hydroxylation sites is 2. The number of benzene rings is 2. The van der Waals surface area contributed by atoms with Crippen LogP contribution in [0, 0.1) is 0 Å². The average molecular weight is 489 g/mol. The second-order valence-electron chi connectivity index (χ2n) is 8.35. The summed E-state index contributed by atoms with van der Waals surface area (Å²) in [6.07, 6.45) is 3.28. The molecule has 0 atom stereocenters. The quantitative estimate of drug-likeness (QED) is 0.427. The first-order chi connectivity index (χ1) is 17.1. The molecule has 5 rings (SSSR count). The Labute approximate surface area is 208 Å². The van der Waals surface area contributed by atoms with E-state index in [4.69, 9.17) is 16.7 Å². The highest BCUT2D eigenvalue weighted by molar-refractivity contribution is 6.33. The monoisotopic (exact) mass is 488 g/mol. The van der Waals surface area contributed by atoms with Gasteiger partial charge in [0, 0.05) is 50.2 Å². The number of carbonyl (C=O) groups excluding carboxylic acids is 1. The van der Waals surface area contributed by atoms with E-state index in [1.54, 1.807) is 36.7 Å². The molecular weight excluding hydrogens is 464 g/mol. The third kappa shape index (κ3) is 5.24. The van der Waals surface area contributed by atoms with E-state index in [1.807, 2.05) is 30.3 Å². The summed E-state index contributed by atoms with van der Waals surface area (Å²) < 4.78 is 0. The highest BCUT2D eigenvalue weighted by Crippen LogP contribution is 2.30. The zero-order valence-electron chi connectivity index (χ0n) is 19.1. The van der Waals surface area contributed by atoms with Gasteiger partial charge < -0.3 is 15.3 Å². The van der Waals surface area contributed by atoms with Crippen LogP contribution in [0.3, 0.4) is 0 Å². The Balaban J connectivity index is 1.28. The molecule has 1 saturated heterocycles. The fraction of sp³-hybridized carbons (Fsp3) is 0.231. The molecule has 4 aromatic rings.